The van der Waals surface area contributed by atoms with Gasteiger partial charge >= 0.3 is 0 Å². The van der Waals surface area contributed by atoms with Crippen LogP contribution in [0.25, 0.3) is 11.4 Å². The number of hydrogen-bond donors (Lipinski definition) is 0. The van der Waals surface area contributed by atoms with E-state index in [1.165, 1.54) is 35.4 Å². The van der Waals surface area contributed by atoms with Gasteiger partial charge in [0.05, 0.1) is 10.2 Å². The van der Waals surface area contributed by atoms with Gasteiger partial charge in [0.25, 0.3) is 0 Å². The average Bonchev–Trinajstić information content (AvgIpc) is 3.02. The van der Waals surface area contributed by atoms with E-state index in [4.69, 9.17) is 16.6 Å². The van der Waals surface area contributed by atoms with E-state index in [1.807, 2.05) is 0 Å². The Hall–Kier alpha value is -0.450. The summed E-state index contributed by atoms with van der Waals surface area (Å²) in [5.74, 6) is 1.28. The molecule has 0 saturated heterocycles. The van der Waals surface area contributed by atoms with E-state index >= 15 is 0 Å². The lowest BCUT2D eigenvalue weighted by Gasteiger charge is -2.13. The summed E-state index contributed by atoms with van der Waals surface area (Å²) in [6.07, 6.45) is 4.97. The highest BCUT2D eigenvalue weighted by atomic mass is 79.9. The third-order valence-corrected chi connectivity index (χ3v) is 6.11. The smallest absolute Gasteiger partial charge is 0.162 e. The van der Waals surface area contributed by atoms with Crippen molar-refractivity contribution in [1.82, 2.24) is 9.97 Å². The minimum absolute atomic E-state index is 0.517. The fraction of sp³-hybridized carbons (Fsp3) is 0.467. The van der Waals surface area contributed by atoms with Gasteiger partial charge in [-0.1, -0.05) is 24.4 Å². The first-order chi connectivity index (χ1) is 9.56. The van der Waals surface area contributed by atoms with E-state index in [2.05, 4.69) is 40.8 Å². The fourth-order valence-electron chi connectivity index (χ4n) is 2.88. The van der Waals surface area contributed by atoms with Gasteiger partial charge in [-0.2, -0.15) is 0 Å². The summed E-state index contributed by atoms with van der Waals surface area (Å²) in [6, 6.07) is 2.15. The van der Waals surface area contributed by atoms with Crippen LogP contribution in [0.2, 0.25) is 5.15 Å². The summed E-state index contributed by atoms with van der Waals surface area (Å²) < 4.78 is 0.874. The van der Waals surface area contributed by atoms with Crippen LogP contribution in [0.1, 0.15) is 47.0 Å². The van der Waals surface area contributed by atoms with Crippen LogP contribution in [0.15, 0.2) is 10.5 Å². The molecule has 2 heterocycles. The topological polar surface area (TPSA) is 25.8 Å². The van der Waals surface area contributed by atoms with Crippen molar-refractivity contribution in [2.75, 3.05) is 0 Å². The molecule has 0 spiro atoms. The van der Waals surface area contributed by atoms with Crippen LogP contribution in [-0.2, 0) is 0 Å². The monoisotopic (exact) mass is 370 g/mol. The Morgan fingerprint density at radius 1 is 1.25 bits per heavy atom. The standard InChI is InChI=1S/C15H16BrClN2S/c1-8-7-11(9(2)20-8)15-18-13(10-5-3-4-6-10)12(16)14(17)19-15/h7,10H,3-6H2,1-2H3. The van der Waals surface area contributed by atoms with Crippen LogP contribution >= 0.6 is 38.9 Å². The second kappa shape index (κ2) is 5.74. The molecule has 1 aliphatic rings. The van der Waals surface area contributed by atoms with Gasteiger partial charge in [-0.3, -0.25) is 0 Å². The number of hydrogen-bond acceptors (Lipinski definition) is 3. The lowest BCUT2D eigenvalue weighted by molar-refractivity contribution is 0.691. The highest BCUT2D eigenvalue weighted by Gasteiger charge is 2.24. The van der Waals surface area contributed by atoms with Gasteiger partial charge in [-0.25, -0.2) is 9.97 Å². The van der Waals surface area contributed by atoms with Crippen LogP contribution < -0.4 is 0 Å². The second-order valence-electron chi connectivity index (χ2n) is 5.35. The first kappa shape index (κ1) is 14.5. The summed E-state index contributed by atoms with van der Waals surface area (Å²) in [6.45, 7) is 4.22. The Balaban J connectivity index is 2.10. The summed E-state index contributed by atoms with van der Waals surface area (Å²) in [7, 11) is 0. The average molecular weight is 372 g/mol. The lowest BCUT2D eigenvalue weighted by Crippen LogP contribution is -2.02. The molecule has 0 atom stereocenters. The molecule has 0 aliphatic heterocycles. The summed E-state index contributed by atoms with van der Waals surface area (Å²) in [5, 5.41) is 0.528. The Morgan fingerprint density at radius 2 is 1.95 bits per heavy atom. The summed E-state index contributed by atoms with van der Waals surface area (Å²) in [4.78, 5) is 11.8. The molecule has 1 fully saturated rings. The van der Waals surface area contributed by atoms with Crippen molar-refractivity contribution in [3.63, 3.8) is 0 Å². The molecule has 0 amide bonds. The molecule has 0 radical (unpaired) electrons. The SMILES string of the molecule is Cc1cc(-c2nc(Cl)c(Br)c(C3CCCC3)n2)c(C)s1. The van der Waals surface area contributed by atoms with Crippen molar-refractivity contribution in [3.8, 4) is 11.4 Å². The molecule has 1 saturated carbocycles. The van der Waals surface area contributed by atoms with Gasteiger partial charge in [0.2, 0.25) is 0 Å². The first-order valence-corrected chi connectivity index (χ1v) is 8.85. The third kappa shape index (κ3) is 2.66. The molecule has 2 aromatic rings. The third-order valence-electron chi connectivity index (χ3n) is 3.86. The Morgan fingerprint density at radius 3 is 2.55 bits per heavy atom. The molecule has 0 bridgehead atoms. The zero-order valence-electron chi connectivity index (χ0n) is 11.5. The van der Waals surface area contributed by atoms with Crippen LogP contribution in [0.4, 0.5) is 0 Å². The highest BCUT2D eigenvalue weighted by Crippen LogP contribution is 2.40. The molecular weight excluding hydrogens is 356 g/mol. The van der Waals surface area contributed by atoms with E-state index < -0.39 is 0 Å². The van der Waals surface area contributed by atoms with Crippen molar-refractivity contribution in [1.29, 1.82) is 0 Å². The van der Waals surface area contributed by atoms with Crippen molar-refractivity contribution >= 4 is 38.9 Å². The summed E-state index contributed by atoms with van der Waals surface area (Å²) >= 11 is 11.7. The molecule has 1 aliphatic carbocycles. The van der Waals surface area contributed by atoms with E-state index in [0.717, 1.165) is 21.6 Å². The van der Waals surface area contributed by atoms with E-state index in [9.17, 15) is 0 Å². The second-order valence-corrected chi connectivity index (χ2v) is 7.96. The maximum Gasteiger partial charge on any atom is 0.162 e. The van der Waals surface area contributed by atoms with Crippen molar-refractivity contribution in [2.24, 2.45) is 0 Å². The molecule has 0 aromatic carbocycles. The molecule has 5 heteroatoms. The molecule has 0 N–H and O–H groups in total. The van der Waals surface area contributed by atoms with Crippen LogP contribution in [0, 0.1) is 13.8 Å². The fourth-order valence-corrected chi connectivity index (χ4v) is 4.48. The van der Waals surface area contributed by atoms with Gasteiger partial charge in [0.15, 0.2) is 5.82 Å². The molecule has 20 heavy (non-hydrogen) atoms. The Labute approximate surface area is 136 Å². The molecule has 106 valence electrons. The van der Waals surface area contributed by atoms with E-state index in [1.54, 1.807) is 11.3 Å². The minimum atomic E-state index is 0.517. The van der Waals surface area contributed by atoms with E-state index in [-0.39, 0.29) is 0 Å². The molecular formula is C15H16BrClN2S. The number of rotatable bonds is 2. The highest BCUT2D eigenvalue weighted by molar-refractivity contribution is 9.10. The van der Waals surface area contributed by atoms with Crippen molar-refractivity contribution in [3.05, 3.63) is 31.1 Å². The Bertz CT molecular complexity index is 648. The molecule has 2 aromatic heterocycles. The van der Waals surface area contributed by atoms with Gasteiger partial charge in [0, 0.05) is 21.2 Å². The Kier molecular flexibility index (Phi) is 4.16. The quantitative estimate of drug-likeness (QED) is 0.615. The summed E-state index contributed by atoms with van der Waals surface area (Å²) in [5.41, 5.74) is 2.20. The van der Waals surface area contributed by atoms with Crippen LogP contribution in [0.3, 0.4) is 0 Å². The number of nitrogens with zero attached hydrogens (tertiary/aromatic N) is 2. The first-order valence-electron chi connectivity index (χ1n) is 6.86. The maximum absolute atomic E-state index is 6.31. The van der Waals surface area contributed by atoms with Crippen molar-refractivity contribution < 1.29 is 0 Å². The number of halogens is 2. The number of aryl methyl sites for hydroxylation is 2. The minimum Gasteiger partial charge on any atom is -0.231 e. The zero-order valence-corrected chi connectivity index (χ0v) is 14.7. The van der Waals surface area contributed by atoms with Gasteiger partial charge in [-0.15, -0.1) is 11.3 Å². The maximum atomic E-state index is 6.31. The number of thiophene rings is 1. The molecule has 3 rings (SSSR count). The predicted molar refractivity (Wildman–Crippen MR) is 88.7 cm³/mol. The normalized spacial score (nSPS) is 16.0. The largest absolute Gasteiger partial charge is 0.231 e. The number of aromatic nitrogens is 2. The van der Waals surface area contributed by atoms with Crippen molar-refractivity contribution in [2.45, 2.75) is 45.4 Å². The van der Waals surface area contributed by atoms with Gasteiger partial charge in [-0.05, 0) is 48.7 Å². The van der Waals surface area contributed by atoms with Crippen LogP contribution in [0.5, 0.6) is 0 Å². The molecule has 2 nitrogen and oxygen atoms in total. The van der Waals surface area contributed by atoms with Gasteiger partial charge < -0.3 is 0 Å². The zero-order chi connectivity index (χ0) is 14.3. The molecule has 0 unspecified atom stereocenters. The van der Waals surface area contributed by atoms with E-state index in [0.29, 0.717) is 11.1 Å². The lowest BCUT2D eigenvalue weighted by atomic mass is 10.0. The van der Waals surface area contributed by atoms with Crippen LogP contribution in [-0.4, -0.2) is 9.97 Å². The van der Waals surface area contributed by atoms with Gasteiger partial charge in [0.1, 0.15) is 5.15 Å². The predicted octanol–water partition coefficient (Wildman–Crippen LogP) is 5.90.